The average Bonchev–Trinajstić information content (AvgIpc) is 2.59. The number of allylic oxidation sites excluding steroid dienone is 1. The van der Waals surface area contributed by atoms with Gasteiger partial charge in [0, 0.05) is 18.9 Å². The second-order valence-electron chi connectivity index (χ2n) is 6.34. The predicted molar refractivity (Wildman–Crippen MR) is 94.1 cm³/mol. The van der Waals surface area contributed by atoms with Crippen molar-refractivity contribution >= 4 is 5.91 Å². The van der Waals surface area contributed by atoms with Crippen LogP contribution in [0.3, 0.4) is 0 Å². The van der Waals surface area contributed by atoms with Gasteiger partial charge in [-0.1, -0.05) is 73.7 Å². The lowest BCUT2D eigenvalue weighted by Crippen LogP contribution is -2.51. The molecule has 0 unspecified atom stereocenters. The second kappa shape index (κ2) is 6.82. The number of likely N-dealkylation sites (tertiary alicyclic amines) is 1. The van der Waals surface area contributed by atoms with Crippen LogP contribution >= 0.6 is 0 Å². The summed E-state index contributed by atoms with van der Waals surface area (Å²) in [5, 5.41) is 0. The van der Waals surface area contributed by atoms with Gasteiger partial charge in [-0.25, -0.2) is 0 Å². The lowest BCUT2D eigenvalue weighted by molar-refractivity contribution is -0.143. The SMILES string of the molecule is C=C[C@H](CC(=O)N1C[C@H](C)[C@H]1c1ccccc1)c1ccccc1. The fourth-order valence-corrected chi connectivity index (χ4v) is 3.45. The molecule has 2 heteroatoms. The van der Waals surface area contributed by atoms with Crippen molar-refractivity contribution in [3.63, 3.8) is 0 Å². The van der Waals surface area contributed by atoms with E-state index >= 15 is 0 Å². The number of carbonyl (C=O) groups excluding carboxylic acids is 1. The molecule has 3 atom stereocenters. The largest absolute Gasteiger partial charge is 0.335 e. The van der Waals surface area contributed by atoms with Crippen molar-refractivity contribution in [2.24, 2.45) is 5.92 Å². The van der Waals surface area contributed by atoms with Crippen LogP contribution in [0.15, 0.2) is 73.3 Å². The first-order chi connectivity index (χ1) is 11.2. The number of nitrogens with zero attached hydrogens (tertiary/aromatic N) is 1. The van der Waals surface area contributed by atoms with E-state index in [0.717, 1.165) is 12.1 Å². The number of amides is 1. The van der Waals surface area contributed by atoms with E-state index in [1.807, 2.05) is 47.4 Å². The summed E-state index contributed by atoms with van der Waals surface area (Å²) in [6.45, 7) is 6.97. The Balaban J connectivity index is 1.72. The van der Waals surface area contributed by atoms with Crippen molar-refractivity contribution in [3.8, 4) is 0 Å². The lowest BCUT2D eigenvalue weighted by Gasteiger charge is -2.47. The number of hydrogen-bond donors (Lipinski definition) is 0. The van der Waals surface area contributed by atoms with Gasteiger partial charge in [-0.2, -0.15) is 0 Å². The summed E-state index contributed by atoms with van der Waals surface area (Å²) in [6.07, 6.45) is 2.37. The van der Waals surface area contributed by atoms with Crippen LogP contribution in [0.1, 0.15) is 36.4 Å². The first-order valence-corrected chi connectivity index (χ1v) is 8.22. The topological polar surface area (TPSA) is 20.3 Å². The summed E-state index contributed by atoms with van der Waals surface area (Å²) in [5.41, 5.74) is 2.38. The summed E-state index contributed by atoms with van der Waals surface area (Å²) in [4.78, 5) is 14.8. The molecule has 0 spiro atoms. The molecule has 1 aliphatic rings. The number of benzene rings is 2. The van der Waals surface area contributed by atoms with Crippen LogP contribution in [0.4, 0.5) is 0 Å². The molecule has 0 aromatic heterocycles. The maximum absolute atomic E-state index is 12.8. The van der Waals surface area contributed by atoms with E-state index in [1.165, 1.54) is 5.56 Å². The highest BCUT2D eigenvalue weighted by atomic mass is 16.2. The van der Waals surface area contributed by atoms with Gasteiger partial charge in [-0.05, 0) is 17.0 Å². The standard InChI is InChI=1S/C21H23NO/c1-3-17(18-10-6-4-7-11-18)14-20(23)22-15-16(2)21(22)19-12-8-5-9-13-19/h3-13,16-17,21H,1,14-15H2,2H3/t16-,17+,21-/m0/s1. The molecule has 1 heterocycles. The van der Waals surface area contributed by atoms with E-state index in [2.05, 4.69) is 37.8 Å². The summed E-state index contributed by atoms with van der Waals surface area (Å²) in [5.74, 6) is 0.807. The highest BCUT2D eigenvalue weighted by Crippen LogP contribution is 2.39. The van der Waals surface area contributed by atoms with Crippen molar-refractivity contribution in [2.75, 3.05) is 6.54 Å². The van der Waals surface area contributed by atoms with E-state index in [-0.39, 0.29) is 17.9 Å². The Morgan fingerprint density at radius 2 is 1.78 bits per heavy atom. The summed E-state index contributed by atoms with van der Waals surface area (Å²) >= 11 is 0. The molecule has 23 heavy (non-hydrogen) atoms. The molecule has 118 valence electrons. The van der Waals surface area contributed by atoms with Gasteiger partial charge in [0.15, 0.2) is 0 Å². The van der Waals surface area contributed by atoms with Gasteiger partial charge in [-0.15, -0.1) is 6.58 Å². The van der Waals surface area contributed by atoms with Gasteiger partial charge in [0.25, 0.3) is 0 Å². The minimum atomic E-state index is 0.0797. The van der Waals surface area contributed by atoms with Crippen molar-refractivity contribution in [1.29, 1.82) is 0 Å². The minimum Gasteiger partial charge on any atom is -0.335 e. The quantitative estimate of drug-likeness (QED) is 0.741. The maximum Gasteiger partial charge on any atom is 0.224 e. The van der Waals surface area contributed by atoms with Gasteiger partial charge in [0.1, 0.15) is 0 Å². The second-order valence-corrected chi connectivity index (χ2v) is 6.34. The molecule has 1 amide bonds. The first-order valence-electron chi connectivity index (χ1n) is 8.22. The Labute approximate surface area is 138 Å². The van der Waals surface area contributed by atoms with Crippen molar-refractivity contribution in [2.45, 2.75) is 25.3 Å². The van der Waals surface area contributed by atoms with Crippen LogP contribution < -0.4 is 0 Å². The van der Waals surface area contributed by atoms with Crippen LogP contribution in [0.2, 0.25) is 0 Å². The monoisotopic (exact) mass is 305 g/mol. The summed E-state index contributed by atoms with van der Waals surface area (Å²) in [6, 6.07) is 20.7. The Morgan fingerprint density at radius 3 is 2.35 bits per heavy atom. The highest BCUT2D eigenvalue weighted by molar-refractivity contribution is 5.79. The Kier molecular flexibility index (Phi) is 4.61. The van der Waals surface area contributed by atoms with Crippen LogP contribution in [-0.4, -0.2) is 17.4 Å². The van der Waals surface area contributed by atoms with E-state index in [9.17, 15) is 4.79 Å². The maximum atomic E-state index is 12.8. The van der Waals surface area contributed by atoms with Gasteiger partial charge < -0.3 is 4.90 Å². The zero-order valence-corrected chi connectivity index (χ0v) is 13.6. The summed E-state index contributed by atoms with van der Waals surface area (Å²) < 4.78 is 0. The molecule has 2 aromatic rings. The van der Waals surface area contributed by atoms with Gasteiger partial charge in [0.2, 0.25) is 5.91 Å². The molecule has 0 bridgehead atoms. The molecule has 2 aromatic carbocycles. The Morgan fingerprint density at radius 1 is 1.17 bits per heavy atom. The van der Waals surface area contributed by atoms with Crippen LogP contribution in [0.5, 0.6) is 0 Å². The van der Waals surface area contributed by atoms with E-state index in [0.29, 0.717) is 12.3 Å². The number of hydrogen-bond acceptors (Lipinski definition) is 1. The van der Waals surface area contributed by atoms with Crippen LogP contribution in [-0.2, 0) is 4.79 Å². The molecular formula is C21H23NO. The Hall–Kier alpha value is -2.35. The molecule has 0 N–H and O–H groups in total. The molecule has 3 rings (SSSR count). The molecule has 2 nitrogen and oxygen atoms in total. The van der Waals surface area contributed by atoms with Crippen molar-refractivity contribution in [3.05, 3.63) is 84.4 Å². The molecule has 1 fully saturated rings. The van der Waals surface area contributed by atoms with E-state index in [4.69, 9.17) is 0 Å². The number of carbonyl (C=O) groups is 1. The molecular weight excluding hydrogens is 282 g/mol. The van der Waals surface area contributed by atoms with Gasteiger partial charge in [0.05, 0.1) is 6.04 Å². The molecule has 0 saturated carbocycles. The van der Waals surface area contributed by atoms with Crippen LogP contribution in [0, 0.1) is 5.92 Å². The lowest BCUT2D eigenvalue weighted by atomic mass is 9.83. The average molecular weight is 305 g/mol. The molecule has 0 radical (unpaired) electrons. The van der Waals surface area contributed by atoms with E-state index in [1.54, 1.807) is 0 Å². The normalized spacial score (nSPS) is 21.3. The smallest absolute Gasteiger partial charge is 0.224 e. The zero-order valence-electron chi connectivity index (χ0n) is 13.6. The first kappa shape index (κ1) is 15.5. The third-order valence-electron chi connectivity index (χ3n) is 4.73. The van der Waals surface area contributed by atoms with E-state index < -0.39 is 0 Å². The van der Waals surface area contributed by atoms with Gasteiger partial charge in [-0.3, -0.25) is 4.79 Å². The van der Waals surface area contributed by atoms with Crippen LogP contribution in [0.25, 0.3) is 0 Å². The van der Waals surface area contributed by atoms with Gasteiger partial charge >= 0.3 is 0 Å². The molecule has 0 aliphatic carbocycles. The fraction of sp³-hybridized carbons (Fsp3) is 0.286. The minimum absolute atomic E-state index is 0.0797. The summed E-state index contributed by atoms with van der Waals surface area (Å²) in [7, 11) is 0. The van der Waals surface area contributed by atoms with Crippen molar-refractivity contribution < 1.29 is 4.79 Å². The number of rotatable bonds is 5. The zero-order chi connectivity index (χ0) is 16.2. The molecule has 1 saturated heterocycles. The third kappa shape index (κ3) is 3.21. The molecule has 1 aliphatic heterocycles. The van der Waals surface area contributed by atoms with Crippen molar-refractivity contribution in [1.82, 2.24) is 4.90 Å². The predicted octanol–water partition coefficient (Wildman–Crippen LogP) is 4.57. The third-order valence-corrected chi connectivity index (χ3v) is 4.73. The fourth-order valence-electron chi connectivity index (χ4n) is 3.45. The Bertz CT molecular complexity index is 665. The highest BCUT2D eigenvalue weighted by Gasteiger charge is 2.39.